The maximum atomic E-state index is 8.65. The van der Waals surface area contributed by atoms with E-state index in [0.717, 1.165) is 28.2 Å². The average molecular weight is 389 g/mol. The highest BCUT2D eigenvalue weighted by Crippen LogP contribution is 2.28. The lowest BCUT2D eigenvalue weighted by Crippen LogP contribution is -2.07. The van der Waals surface area contributed by atoms with Crippen molar-refractivity contribution in [3.63, 3.8) is 0 Å². The van der Waals surface area contributed by atoms with Crippen LogP contribution in [0, 0.1) is 5.41 Å². The lowest BCUT2D eigenvalue weighted by atomic mass is 9.96. The Morgan fingerprint density at radius 1 is 0.724 bits per heavy atom. The van der Waals surface area contributed by atoms with Gasteiger partial charge in [-0.25, -0.2) is 0 Å². The standard InChI is InChI=1S/C25H28N2O2/c1-16(2)28-21-10-5-18(6-11-21)20-9-14-24(26)23(15-20)25(27)19-7-12-22(13-8-19)29-17(3)4/h5-17,27H,26H2,1-4H3. The van der Waals surface area contributed by atoms with Crippen molar-refractivity contribution in [1.29, 1.82) is 5.41 Å². The number of nitrogens with one attached hydrogen (secondary N) is 1. The van der Waals surface area contributed by atoms with E-state index in [9.17, 15) is 0 Å². The zero-order valence-corrected chi connectivity index (χ0v) is 17.4. The second-order valence-corrected chi connectivity index (χ2v) is 7.56. The Balaban J connectivity index is 1.86. The molecule has 150 valence electrons. The molecular formula is C25H28N2O2. The van der Waals surface area contributed by atoms with Crippen molar-refractivity contribution in [2.75, 3.05) is 5.73 Å². The summed E-state index contributed by atoms with van der Waals surface area (Å²) in [5.74, 6) is 1.64. The smallest absolute Gasteiger partial charge is 0.119 e. The molecule has 0 aliphatic rings. The van der Waals surface area contributed by atoms with Gasteiger partial charge >= 0.3 is 0 Å². The molecule has 3 rings (SSSR count). The molecule has 0 saturated heterocycles. The van der Waals surface area contributed by atoms with Gasteiger partial charge in [0.25, 0.3) is 0 Å². The summed E-state index contributed by atoms with van der Waals surface area (Å²) in [5, 5.41) is 8.65. The van der Waals surface area contributed by atoms with Crippen LogP contribution in [0.2, 0.25) is 0 Å². The molecule has 0 spiro atoms. The van der Waals surface area contributed by atoms with Gasteiger partial charge in [0, 0.05) is 16.8 Å². The van der Waals surface area contributed by atoms with E-state index < -0.39 is 0 Å². The highest BCUT2D eigenvalue weighted by Gasteiger charge is 2.11. The zero-order chi connectivity index (χ0) is 21.0. The molecule has 0 atom stereocenters. The first kappa shape index (κ1) is 20.5. The van der Waals surface area contributed by atoms with Gasteiger partial charge in [-0.3, -0.25) is 5.41 Å². The average Bonchev–Trinajstić information content (AvgIpc) is 2.68. The molecule has 0 saturated carbocycles. The number of benzene rings is 3. The molecule has 29 heavy (non-hydrogen) atoms. The number of ether oxygens (including phenoxy) is 2. The van der Waals surface area contributed by atoms with E-state index in [-0.39, 0.29) is 12.2 Å². The van der Waals surface area contributed by atoms with E-state index in [2.05, 4.69) is 0 Å². The molecule has 0 unspecified atom stereocenters. The minimum Gasteiger partial charge on any atom is -0.491 e. The normalized spacial score (nSPS) is 11.0. The Morgan fingerprint density at radius 3 is 1.72 bits per heavy atom. The van der Waals surface area contributed by atoms with Gasteiger partial charge in [0.05, 0.1) is 17.9 Å². The topological polar surface area (TPSA) is 68.3 Å². The van der Waals surface area contributed by atoms with Gasteiger partial charge < -0.3 is 15.2 Å². The quantitative estimate of drug-likeness (QED) is 0.389. The number of nitrogen functional groups attached to an aromatic ring is 1. The third-order valence-electron chi connectivity index (χ3n) is 4.40. The van der Waals surface area contributed by atoms with Crippen molar-refractivity contribution in [3.05, 3.63) is 77.9 Å². The largest absolute Gasteiger partial charge is 0.491 e. The summed E-state index contributed by atoms with van der Waals surface area (Å²) in [5.41, 5.74) is 10.7. The number of anilines is 1. The lowest BCUT2D eigenvalue weighted by Gasteiger charge is -2.13. The summed E-state index contributed by atoms with van der Waals surface area (Å²) in [4.78, 5) is 0. The van der Waals surface area contributed by atoms with Crippen LogP contribution in [0.15, 0.2) is 66.7 Å². The summed E-state index contributed by atoms with van der Waals surface area (Å²) in [6.45, 7) is 7.99. The third-order valence-corrected chi connectivity index (χ3v) is 4.40. The first-order chi connectivity index (χ1) is 13.8. The molecule has 4 nitrogen and oxygen atoms in total. The van der Waals surface area contributed by atoms with Crippen LogP contribution in [-0.2, 0) is 0 Å². The van der Waals surface area contributed by atoms with Gasteiger partial charge in [0.15, 0.2) is 0 Å². The van der Waals surface area contributed by atoms with Gasteiger partial charge in [-0.15, -0.1) is 0 Å². The van der Waals surface area contributed by atoms with Crippen molar-refractivity contribution in [2.24, 2.45) is 0 Å². The van der Waals surface area contributed by atoms with Crippen LogP contribution in [0.3, 0.4) is 0 Å². The predicted molar refractivity (Wildman–Crippen MR) is 120 cm³/mol. The maximum absolute atomic E-state index is 8.65. The van der Waals surface area contributed by atoms with Crippen LogP contribution in [0.1, 0.15) is 38.8 Å². The summed E-state index contributed by atoms with van der Waals surface area (Å²) in [6, 6.07) is 21.3. The maximum Gasteiger partial charge on any atom is 0.119 e. The van der Waals surface area contributed by atoms with Crippen LogP contribution < -0.4 is 15.2 Å². The van der Waals surface area contributed by atoms with Crippen LogP contribution in [0.4, 0.5) is 5.69 Å². The molecule has 3 aromatic rings. The van der Waals surface area contributed by atoms with Crippen molar-refractivity contribution in [3.8, 4) is 22.6 Å². The Bertz CT molecular complexity index is 975. The minimum atomic E-state index is 0.116. The fraction of sp³-hybridized carbons (Fsp3) is 0.240. The molecule has 0 aromatic heterocycles. The van der Waals surface area contributed by atoms with E-state index >= 15 is 0 Å². The molecule has 0 aliphatic carbocycles. The van der Waals surface area contributed by atoms with E-state index in [1.807, 2.05) is 94.4 Å². The lowest BCUT2D eigenvalue weighted by molar-refractivity contribution is 0.242. The fourth-order valence-corrected chi connectivity index (χ4v) is 3.08. The first-order valence-corrected chi connectivity index (χ1v) is 9.86. The first-order valence-electron chi connectivity index (χ1n) is 9.86. The second kappa shape index (κ2) is 8.82. The van der Waals surface area contributed by atoms with E-state index in [1.165, 1.54) is 0 Å². The predicted octanol–water partition coefficient (Wildman–Crippen LogP) is 5.93. The molecule has 0 fully saturated rings. The number of nitrogens with two attached hydrogens (primary N) is 1. The molecule has 0 bridgehead atoms. The van der Waals surface area contributed by atoms with Crippen LogP contribution >= 0.6 is 0 Å². The SMILES string of the molecule is CC(C)Oc1ccc(C(=N)c2cc(-c3ccc(OC(C)C)cc3)ccc2N)cc1. The number of hydrogen-bond donors (Lipinski definition) is 2. The molecule has 4 heteroatoms. The third kappa shape index (κ3) is 5.17. The Kier molecular flexibility index (Phi) is 6.23. The highest BCUT2D eigenvalue weighted by molar-refractivity contribution is 6.14. The molecular weight excluding hydrogens is 360 g/mol. The Morgan fingerprint density at radius 2 is 1.21 bits per heavy atom. The molecule has 0 aliphatic heterocycles. The van der Waals surface area contributed by atoms with Crippen molar-refractivity contribution >= 4 is 11.4 Å². The minimum absolute atomic E-state index is 0.116. The van der Waals surface area contributed by atoms with Crippen molar-refractivity contribution in [1.82, 2.24) is 0 Å². The summed E-state index contributed by atoms with van der Waals surface area (Å²) >= 11 is 0. The Hall–Kier alpha value is -3.27. The van der Waals surface area contributed by atoms with Crippen LogP contribution in [0.25, 0.3) is 11.1 Å². The van der Waals surface area contributed by atoms with E-state index in [1.54, 1.807) is 0 Å². The molecule has 0 amide bonds. The second-order valence-electron chi connectivity index (χ2n) is 7.56. The summed E-state index contributed by atoms with van der Waals surface area (Å²) < 4.78 is 11.4. The van der Waals surface area contributed by atoms with E-state index in [0.29, 0.717) is 17.0 Å². The van der Waals surface area contributed by atoms with Gasteiger partial charge in [-0.2, -0.15) is 0 Å². The summed E-state index contributed by atoms with van der Waals surface area (Å²) in [6.07, 6.45) is 0.256. The van der Waals surface area contributed by atoms with Gasteiger partial charge in [-0.1, -0.05) is 18.2 Å². The number of hydrogen-bond acceptors (Lipinski definition) is 4. The van der Waals surface area contributed by atoms with Crippen molar-refractivity contribution < 1.29 is 9.47 Å². The molecule has 3 aromatic carbocycles. The monoisotopic (exact) mass is 388 g/mol. The Labute approximate surface area is 172 Å². The fourth-order valence-electron chi connectivity index (χ4n) is 3.08. The summed E-state index contributed by atoms with van der Waals surface area (Å²) in [7, 11) is 0. The highest BCUT2D eigenvalue weighted by atomic mass is 16.5. The van der Waals surface area contributed by atoms with Crippen LogP contribution in [-0.4, -0.2) is 17.9 Å². The molecule has 0 radical (unpaired) electrons. The van der Waals surface area contributed by atoms with Gasteiger partial charge in [0.1, 0.15) is 11.5 Å². The molecule has 3 N–H and O–H groups in total. The number of rotatable bonds is 7. The van der Waals surface area contributed by atoms with Crippen LogP contribution in [0.5, 0.6) is 11.5 Å². The molecule has 0 heterocycles. The zero-order valence-electron chi connectivity index (χ0n) is 17.4. The van der Waals surface area contributed by atoms with Gasteiger partial charge in [0.2, 0.25) is 0 Å². The van der Waals surface area contributed by atoms with Gasteiger partial charge in [-0.05, 0) is 87.4 Å². The van der Waals surface area contributed by atoms with E-state index in [4.69, 9.17) is 20.6 Å². The van der Waals surface area contributed by atoms with Crippen molar-refractivity contribution in [2.45, 2.75) is 39.9 Å².